The van der Waals surface area contributed by atoms with Gasteiger partial charge < -0.3 is 10.6 Å². The summed E-state index contributed by atoms with van der Waals surface area (Å²) in [6.45, 7) is 4.86. The summed E-state index contributed by atoms with van der Waals surface area (Å²) in [4.78, 5) is 17.8. The van der Waals surface area contributed by atoms with Crippen LogP contribution in [-0.4, -0.2) is 24.5 Å². The smallest absolute Gasteiger partial charge is 0.227 e. The van der Waals surface area contributed by atoms with E-state index in [1.165, 1.54) is 0 Å². The number of hydrogen-bond acceptors (Lipinski definition) is 3. The monoisotopic (exact) mass is 249 g/mol. The van der Waals surface area contributed by atoms with E-state index in [4.69, 9.17) is 5.73 Å². The van der Waals surface area contributed by atoms with Crippen LogP contribution < -0.4 is 10.6 Å². The first-order valence-corrected chi connectivity index (χ1v) is 6.41. The second-order valence-corrected chi connectivity index (χ2v) is 5.10. The molecule has 1 heterocycles. The Hall–Kier alpha value is -1.42. The molecule has 0 unspecified atom stereocenters. The van der Waals surface area contributed by atoms with Gasteiger partial charge in [-0.2, -0.15) is 0 Å². The number of carbonyl (C=O) groups is 1. The molecule has 1 atom stereocenters. The van der Waals surface area contributed by atoms with Crippen LogP contribution in [0.2, 0.25) is 0 Å². The van der Waals surface area contributed by atoms with E-state index < -0.39 is 0 Å². The van der Waals surface area contributed by atoms with E-state index >= 15 is 0 Å². The SMILES string of the molecule is CC(C)C[C@H](CN)CC(=O)N(C)c1cccnc1. The summed E-state index contributed by atoms with van der Waals surface area (Å²) in [6, 6.07) is 3.71. The molecule has 1 rings (SSSR count). The molecule has 0 fully saturated rings. The summed E-state index contributed by atoms with van der Waals surface area (Å²) in [7, 11) is 1.78. The molecule has 0 aromatic carbocycles. The quantitative estimate of drug-likeness (QED) is 0.839. The highest BCUT2D eigenvalue weighted by molar-refractivity contribution is 5.92. The molecule has 2 N–H and O–H groups in total. The molecule has 1 aromatic rings. The zero-order valence-corrected chi connectivity index (χ0v) is 11.5. The van der Waals surface area contributed by atoms with Gasteiger partial charge in [0.25, 0.3) is 0 Å². The Morgan fingerprint density at radius 1 is 1.50 bits per heavy atom. The fourth-order valence-corrected chi connectivity index (χ4v) is 2.01. The Kier molecular flexibility index (Phi) is 5.78. The van der Waals surface area contributed by atoms with Crippen molar-refractivity contribution in [2.45, 2.75) is 26.7 Å². The van der Waals surface area contributed by atoms with Crippen molar-refractivity contribution >= 4 is 11.6 Å². The molecule has 0 radical (unpaired) electrons. The van der Waals surface area contributed by atoms with Gasteiger partial charge in [-0.05, 0) is 36.9 Å². The lowest BCUT2D eigenvalue weighted by Gasteiger charge is -2.21. The maximum atomic E-state index is 12.1. The second kappa shape index (κ2) is 7.11. The molecular formula is C14H23N3O. The lowest BCUT2D eigenvalue weighted by atomic mass is 9.94. The second-order valence-electron chi connectivity index (χ2n) is 5.10. The minimum absolute atomic E-state index is 0.0964. The molecule has 0 aliphatic heterocycles. The third-order valence-corrected chi connectivity index (χ3v) is 3.01. The van der Waals surface area contributed by atoms with E-state index in [0.717, 1.165) is 12.1 Å². The van der Waals surface area contributed by atoms with Gasteiger partial charge in [-0.3, -0.25) is 9.78 Å². The van der Waals surface area contributed by atoms with Crippen molar-refractivity contribution in [1.82, 2.24) is 4.98 Å². The first kappa shape index (κ1) is 14.6. The van der Waals surface area contributed by atoms with Crippen LogP contribution in [0.15, 0.2) is 24.5 Å². The average molecular weight is 249 g/mol. The van der Waals surface area contributed by atoms with Crippen LogP contribution >= 0.6 is 0 Å². The van der Waals surface area contributed by atoms with E-state index in [1.807, 2.05) is 12.1 Å². The lowest BCUT2D eigenvalue weighted by Crippen LogP contribution is -2.30. The van der Waals surface area contributed by atoms with Crippen LogP contribution in [0.1, 0.15) is 26.7 Å². The minimum Gasteiger partial charge on any atom is -0.330 e. The van der Waals surface area contributed by atoms with Gasteiger partial charge in [0.2, 0.25) is 5.91 Å². The summed E-state index contributed by atoms with van der Waals surface area (Å²) in [5.74, 6) is 0.922. The molecule has 0 aliphatic rings. The summed E-state index contributed by atoms with van der Waals surface area (Å²) in [5.41, 5.74) is 6.55. The first-order chi connectivity index (χ1) is 8.54. The van der Waals surface area contributed by atoms with Crippen molar-refractivity contribution < 1.29 is 4.79 Å². The van der Waals surface area contributed by atoms with Crippen molar-refractivity contribution in [3.8, 4) is 0 Å². The third-order valence-electron chi connectivity index (χ3n) is 3.01. The molecule has 0 saturated heterocycles. The number of carbonyl (C=O) groups excluding carboxylic acids is 1. The van der Waals surface area contributed by atoms with E-state index in [1.54, 1.807) is 24.3 Å². The van der Waals surface area contributed by atoms with Crippen molar-refractivity contribution in [3.05, 3.63) is 24.5 Å². The van der Waals surface area contributed by atoms with E-state index in [9.17, 15) is 4.79 Å². The van der Waals surface area contributed by atoms with Crippen LogP contribution in [0.4, 0.5) is 5.69 Å². The number of amides is 1. The number of nitrogens with two attached hydrogens (primary N) is 1. The minimum atomic E-state index is 0.0964. The highest BCUT2D eigenvalue weighted by atomic mass is 16.2. The fraction of sp³-hybridized carbons (Fsp3) is 0.571. The Bertz CT molecular complexity index is 365. The zero-order chi connectivity index (χ0) is 13.5. The van der Waals surface area contributed by atoms with Gasteiger partial charge in [-0.1, -0.05) is 13.8 Å². The average Bonchev–Trinajstić information content (AvgIpc) is 2.37. The molecule has 1 amide bonds. The Balaban J connectivity index is 2.59. The summed E-state index contributed by atoms with van der Waals surface area (Å²) < 4.78 is 0. The number of rotatable bonds is 6. The van der Waals surface area contributed by atoms with Gasteiger partial charge in [0.15, 0.2) is 0 Å². The predicted molar refractivity (Wildman–Crippen MR) is 74.3 cm³/mol. The standard InChI is InChI=1S/C14H23N3O/c1-11(2)7-12(9-15)8-14(18)17(3)13-5-4-6-16-10-13/h4-6,10-12H,7-9,15H2,1-3H3/t12-/m0/s1. The van der Waals surface area contributed by atoms with E-state index in [2.05, 4.69) is 18.8 Å². The number of aromatic nitrogens is 1. The zero-order valence-electron chi connectivity index (χ0n) is 11.5. The van der Waals surface area contributed by atoms with Crippen LogP contribution in [0, 0.1) is 11.8 Å². The van der Waals surface area contributed by atoms with Crippen LogP contribution in [0.3, 0.4) is 0 Å². The van der Waals surface area contributed by atoms with Crippen molar-refractivity contribution in [2.24, 2.45) is 17.6 Å². The third kappa shape index (κ3) is 4.45. The molecule has 4 nitrogen and oxygen atoms in total. The molecule has 18 heavy (non-hydrogen) atoms. The van der Waals surface area contributed by atoms with Gasteiger partial charge >= 0.3 is 0 Å². The predicted octanol–water partition coefficient (Wildman–Crippen LogP) is 2.06. The number of pyridine rings is 1. The topological polar surface area (TPSA) is 59.2 Å². The Morgan fingerprint density at radius 2 is 2.22 bits per heavy atom. The molecule has 0 saturated carbocycles. The molecule has 0 aliphatic carbocycles. The fourth-order valence-electron chi connectivity index (χ4n) is 2.01. The Morgan fingerprint density at radius 3 is 2.72 bits per heavy atom. The lowest BCUT2D eigenvalue weighted by molar-refractivity contribution is -0.119. The van der Waals surface area contributed by atoms with Crippen molar-refractivity contribution in [3.63, 3.8) is 0 Å². The molecule has 0 bridgehead atoms. The van der Waals surface area contributed by atoms with Crippen molar-refractivity contribution in [1.29, 1.82) is 0 Å². The molecule has 4 heteroatoms. The summed E-state index contributed by atoms with van der Waals surface area (Å²) >= 11 is 0. The van der Waals surface area contributed by atoms with Crippen LogP contribution in [-0.2, 0) is 4.79 Å². The van der Waals surface area contributed by atoms with Gasteiger partial charge in [0.05, 0.1) is 11.9 Å². The summed E-state index contributed by atoms with van der Waals surface area (Å²) in [5, 5.41) is 0. The molecule has 100 valence electrons. The van der Waals surface area contributed by atoms with Crippen molar-refractivity contribution in [2.75, 3.05) is 18.5 Å². The number of anilines is 1. The Labute approximate surface area is 109 Å². The number of nitrogens with zero attached hydrogens (tertiary/aromatic N) is 2. The van der Waals surface area contributed by atoms with E-state index in [-0.39, 0.29) is 11.8 Å². The van der Waals surface area contributed by atoms with E-state index in [0.29, 0.717) is 18.9 Å². The highest BCUT2D eigenvalue weighted by Crippen LogP contribution is 2.17. The maximum absolute atomic E-state index is 12.1. The van der Waals surface area contributed by atoms with Gasteiger partial charge in [0.1, 0.15) is 0 Å². The maximum Gasteiger partial charge on any atom is 0.227 e. The number of hydrogen-bond donors (Lipinski definition) is 1. The highest BCUT2D eigenvalue weighted by Gasteiger charge is 2.17. The normalized spacial score (nSPS) is 12.5. The largest absolute Gasteiger partial charge is 0.330 e. The molecular weight excluding hydrogens is 226 g/mol. The molecule has 0 spiro atoms. The van der Waals surface area contributed by atoms with Crippen LogP contribution in [0.5, 0.6) is 0 Å². The van der Waals surface area contributed by atoms with Gasteiger partial charge in [-0.15, -0.1) is 0 Å². The van der Waals surface area contributed by atoms with Crippen LogP contribution in [0.25, 0.3) is 0 Å². The van der Waals surface area contributed by atoms with Gasteiger partial charge in [-0.25, -0.2) is 0 Å². The first-order valence-electron chi connectivity index (χ1n) is 6.41. The molecule has 1 aromatic heterocycles. The van der Waals surface area contributed by atoms with Gasteiger partial charge in [0, 0.05) is 19.7 Å². The summed E-state index contributed by atoms with van der Waals surface area (Å²) in [6.07, 6.45) is 4.88.